The van der Waals surface area contributed by atoms with Crippen LogP contribution in [-0.4, -0.2) is 5.97 Å². The summed E-state index contributed by atoms with van der Waals surface area (Å²) >= 11 is 0. The maximum absolute atomic E-state index is 11.6. The zero-order valence-electron chi connectivity index (χ0n) is 15.2. The smallest absolute Gasteiger partial charge is 0.338 e. The third kappa shape index (κ3) is 4.09. The molecule has 0 saturated heterocycles. The second-order valence-corrected chi connectivity index (χ2v) is 6.32. The molecular formula is C24H22O2. The van der Waals surface area contributed by atoms with Crippen LogP contribution in [0.1, 0.15) is 19.4 Å². The lowest BCUT2D eigenvalue weighted by molar-refractivity contribution is -0.130. The maximum Gasteiger partial charge on any atom is 0.338 e. The summed E-state index contributed by atoms with van der Waals surface area (Å²) < 4.78 is 5.22. The Labute approximate surface area is 154 Å². The number of carbonyl (C=O) groups is 1. The molecule has 0 saturated carbocycles. The summed E-state index contributed by atoms with van der Waals surface area (Å²) in [4.78, 5) is 11.6. The van der Waals surface area contributed by atoms with Crippen LogP contribution in [0.3, 0.4) is 0 Å². The van der Waals surface area contributed by atoms with E-state index in [1.54, 1.807) is 19.1 Å². The molecule has 3 aromatic carbocycles. The largest absolute Gasteiger partial charge is 0.423 e. The van der Waals surface area contributed by atoms with Gasteiger partial charge in [-0.25, -0.2) is 4.79 Å². The molecule has 0 amide bonds. The molecule has 2 heteroatoms. The molecule has 0 aliphatic rings. The first-order chi connectivity index (χ1) is 12.6. The van der Waals surface area contributed by atoms with E-state index in [1.165, 1.54) is 16.7 Å². The van der Waals surface area contributed by atoms with Crippen molar-refractivity contribution in [1.29, 1.82) is 0 Å². The molecule has 26 heavy (non-hydrogen) atoms. The van der Waals surface area contributed by atoms with E-state index in [1.807, 2.05) is 12.1 Å². The van der Waals surface area contributed by atoms with Crippen molar-refractivity contribution < 1.29 is 9.53 Å². The summed E-state index contributed by atoms with van der Waals surface area (Å²) in [7, 11) is 0. The Balaban J connectivity index is 1.75. The molecular weight excluding hydrogens is 320 g/mol. The van der Waals surface area contributed by atoms with Gasteiger partial charge in [0.25, 0.3) is 0 Å². The first kappa shape index (κ1) is 17.7. The fourth-order valence-electron chi connectivity index (χ4n) is 2.70. The van der Waals surface area contributed by atoms with Crippen molar-refractivity contribution in [3.05, 3.63) is 90.5 Å². The maximum atomic E-state index is 11.6. The van der Waals surface area contributed by atoms with E-state index in [0.29, 0.717) is 11.3 Å². The number of carbonyl (C=O) groups excluding carboxylic acids is 1. The average molecular weight is 342 g/mol. The van der Waals surface area contributed by atoms with Gasteiger partial charge in [0.15, 0.2) is 0 Å². The molecule has 0 heterocycles. The van der Waals surface area contributed by atoms with Crippen LogP contribution in [0.25, 0.3) is 22.3 Å². The van der Waals surface area contributed by atoms with E-state index in [0.717, 1.165) is 17.5 Å². The fourth-order valence-corrected chi connectivity index (χ4v) is 2.70. The average Bonchev–Trinajstić information content (AvgIpc) is 2.69. The first-order valence-corrected chi connectivity index (χ1v) is 8.74. The van der Waals surface area contributed by atoms with Crippen molar-refractivity contribution in [2.45, 2.75) is 20.3 Å². The normalized spacial score (nSPS) is 10.4. The molecule has 0 aliphatic carbocycles. The summed E-state index contributed by atoms with van der Waals surface area (Å²) in [5.74, 6) is 0.116. The Morgan fingerprint density at radius 1 is 0.769 bits per heavy atom. The minimum atomic E-state index is -0.406. The molecule has 0 radical (unpaired) electrons. The zero-order chi connectivity index (χ0) is 18.5. The topological polar surface area (TPSA) is 26.3 Å². The number of hydrogen-bond donors (Lipinski definition) is 0. The molecule has 3 aromatic rings. The number of ether oxygens (including phenoxy) is 1. The van der Waals surface area contributed by atoms with Crippen molar-refractivity contribution >= 4 is 5.97 Å². The number of esters is 1. The molecule has 0 spiro atoms. The second kappa shape index (κ2) is 7.83. The third-order valence-electron chi connectivity index (χ3n) is 4.33. The lowest BCUT2D eigenvalue weighted by Gasteiger charge is -2.07. The molecule has 0 atom stereocenters. The first-order valence-electron chi connectivity index (χ1n) is 8.74. The molecule has 0 aromatic heterocycles. The standard InChI is InChI=1S/C24H22O2/c1-4-18-5-7-19(8-6-18)20-9-11-21(12-10-20)22-13-15-23(16-14-22)26-24(25)17(2)3/h5-16H,2,4H2,1,3H3. The van der Waals surface area contributed by atoms with Gasteiger partial charge in [-0.05, 0) is 53.3 Å². The van der Waals surface area contributed by atoms with Crippen molar-refractivity contribution in [3.8, 4) is 28.0 Å². The lowest BCUT2D eigenvalue weighted by atomic mass is 9.99. The number of hydrogen-bond acceptors (Lipinski definition) is 2. The van der Waals surface area contributed by atoms with Gasteiger partial charge >= 0.3 is 5.97 Å². The monoisotopic (exact) mass is 342 g/mol. The highest BCUT2D eigenvalue weighted by Crippen LogP contribution is 2.26. The van der Waals surface area contributed by atoms with Crippen LogP contribution < -0.4 is 4.74 Å². The van der Waals surface area contributed by atoms with Gasteiger partial charge in [0.1, 0.15) is 5.75 Å². The third-order valence-corrected chi connectivity index (χ3v) is 4.33. The molecule has 0 unspecified atom stereocenters. The number of rotatable bonds is 5. The van der Waals surface area contributed by atoms with Crippen LogP contribution in [0.2, 0.25) is 0 Å². The van der Waals surface area contributed by atoms with E-state index in [9.17, 15) is 4.79 Å². The van der Waals surface area contributed by atoms with Gasteiger partial charge < -0.3 is 4.74 Å². The molecule has 0 aliphatic heterocycles. The number of aryl methyl sites for hydroxylation is 1. The van der Waals surface area contributed by atoms with Crippen LogP contribution in [0.4, 0.5) is 0 Å². The van der Waals surface area contributed by atoms with Gasteiger partial charge in [0, 0.05) is 5.57 Å². The molecule has 0 bridgehead atoms. The zero-order valence-corrected chi connectivity index (χ0v) is 15.2. The summed E-state index contributed by atoms with van der Waals surface area (Å²) in [5, 5.41) is 0. The highest BCUT2D eigenvalue weighted by atomic mass is 16.5. The Hall–Kier alpha value is -3.13. The molecule has 0 fully saturated rings. The van der Waals surface area contributed by atoms with Crippen LogP contribution in [0.15, 0.2) is 84.9 Å². The van der Waals surface area contributed by atoms with E-state index in [-0.39, 0.29) is 0 Å². The Bertz CT molecular complexity index is 902. The molecule has 0 N–H and O–H groups in total. The van der Waals surface area contributed by atoms with Gasteiger partial charge in [-0.1, -0.05) is 74.2 Å². The van der Waals surface area contributed by atoms with E-state index >= 15 is 0 Å². The van der Waals surface area contributed by atoms with Crippen molar-refractivity contribution in [2.75, 3.05) is 0 Å². The minimum absolute atomic E-state index is 0.386. The van der Waals surface area contributed by atoms with Crippen LogP contribution >= 0.6 is 0 Å². The predicted molar refractivity (Wildman–Crippen MR) is 107 cm³/mol. The van der Waals surface area contributed by atoms with Gasteiger partial charge in [-0.2, -0.15) is 0 Å². The summed E-state index contributed by atoms with van der Waals surface area (Å²) in [5.41, 5.74) is 6.35. The number of benzene rings is 3. The van der Waals surface area contributed by atoms with E-state index in [4.69, 9.17) is 4.74 Å². The van der Waals surface area contributed by atoms with Gasteiger partial charge in [0.05, 0.1) is 0 Å². The fraction of sp³-hybridized carbons (Fsp3) is 0.125. The second-order valence-electron chi connectivity index (χ2n) is 6.32. The van der Waals surface area contributed by atoms with Crippen LogP contribution in [0, 0.1) is 0 Å². The minimum Gasteiger partial charge on any atom is -0.423 e. The summed E-state index contributed by atoms with van der Waals surface area (Å²) in [6.45, 7) is 7.38. The summed E-state index contributed by atoms with van der Waals surface area (Å²) in [6, 6.07) is 24.7. The molecule has 3 rings (SSSR count). The molecule has 2 nitrogen and oxygen atoms in total. The van der Waals surface area contributed by atoms with Crippen molar-refractivity contribution in [1.82, 2.24) is 0 Å². The quantitative estimate of drug-likeness (QED) is 0.320. The van der Waals surface area contributed by atoms with E-state index < -0.39 is 5.97 Å². The predicted octanol–water partition coefficient (Wildman–Crippen LogP) is 6.06. The Morgan fingerprint density at radius 3 is 1.54 bits per heavy atom. The van der Waals surface area contributed by atoms with Crippen LogP contribution in [-0.2, 0) is 11.2 Å². The van der Waals surface area contributed by atoms with Crippen molar-refractivity contribution in [3.63, 3.8) is 0 Å². The van der Waals surface area contributed by atoms with Gasteiger partial charge in [-0.15, -0.1) is 0 Å². The SMILES string of the molecule is C=C(C)C(=O)Oc1ccc(-c2ccc(-c3ccc(CC)cc3)cc2)cc1. The van der Waals surface area contributed by atoms with Gasteiger partial charge in [0.2, 0.25) is 0 Å². The molecule has 130 valence electrons. The van der Waals surface area contributed by atoms with E-state index in [2.05, 4.69) is 62.0 Å². The highest BCUT2D eigenvalue weighted by molar-refractivity contribution is 5.88. The summed E-state index contributed by atoms with van der Waals surface area (Å²) in [6.07, 6.45) is 1.05. The van der Waals surface area contributed by atoms with Crippen LogP contribution in [0.5, 0.6) is 5.75 Å². The Kier molecular flexibility index (Phi) is 5.33. The highest BCUT2D eigenvalue weighted by Gasteiger charge is 2.06. The van der Waals surface area contributed by atoms with Gasteiger partial charge in [-0.3, -0.25) is 0 Å². The van der Waals surface area contributed by atoms with Crippen molar-refractivity contribution in [2.24, 2.45) is 0 Å². The lowest BCUT2D eigenvalue weighted by Crippen LogP contribution is -2.07. The Morgan fingerprint density at radius 2 is 1.15 bits per heavy atom.